The molecule has 0 bridgehead atoms. The van der Waals surface area contributed by atoms with E-state index in [-0.39, 0.29) is 0 Å². The molecule has 1 unspecified atom stereocenters. The smallest absolute Gasteiger partial charge is 0.0708 e. The van der Waals surface area contributed by atoms with Gasteiger partial charge in [-0.3, -0.25) is 0 Å². The summed E-state index contributed by atoms with van der Waals surface area (Å²) >= 11 is 0. The van der Waals surface area contributed by atoms with Gasteiger partial charge in [0.25, 0.3) is 0 Å². The van der Waals surface area contributed by atoms with Crippen molar-refractivity contribution in [1.29, 1.82) is 0 Å². The molecule has 0 amide bonds. The summed E-state index contributed by atoms with van der Waals surface area (Å²) in [5.41, 5.74) is 1.93. The quantitative estimate of drug-likeness (QED) is 0.801. The van der Waals surface area contributed by atoms with Gasteiger partial charge in [-0.25, -0.2) is 0 Å². The molecule has 0 aliphatic carbocycles. The molecule has 1 atom stereocenters. The molecule has 0 aliphatic heterocycles. The zero-order valence-corrected chi connectivity index (χ0v) is 10.2. The molecule has 15 heavy (non-hydrogen) atoms. The van der Waals surface area contributed by atoms with Crippen LogP contribution in [0.25, 0.3) is 0 Å². The van der Waals surface area contributed by atoms with Crippen molar-refractivity contribution in [3.05, 3.63) is 35.4 Å². The van der Waals surface area contributed by atoms with Crippen molar-refractivity contribution in [2.24, 2.45) is 5.92 Å². The fourth-order valence-corrected chi connectivity index (χ4v) is 1.91. The first-order chi connectivity index (χ1) is 6.98. The third-order valence-corrected chi connectivity index (χ3v) is 3.28. The zero-order valence-electron chi connectivity index (χ0n) is 10.2. The molecule has 0 fully saturated rings. The van der Waals surface area contributed by atoms with E-state index >= 15 is 0 Å². The van der Waals surface area contributed by atoms with Gasteiger partial charge in [-0.2, -0.15) is 0 Å². The second-order valence-electron chi connectivity index (χ2n) is 4.78. The summed E-state index contributed by atoms with van der Waals surface area (Å²) in [5, 5.41) is 10.4. The second kappa shape index (κ2) is 4.80. The highest BCUT2D eigenvalue weighted by Gasteiger charge is 2.28. The summed E-state index contributed by atoms with van der Waals surface area (Å²) in [7, 11) is 0. The van der Waals surface area contributed by atoms with Crippen molar-refractivity contribution in [2.75, 3.05) is 0 Å². The Bertz CT molecular complexity index is 317. The third kappa shape index (κ3) is 3.07. The van der Waals surface area contributed by atoms with Gasteiger partial charge in [0, 0.05) is 6.42 Å². The summed E-state index contributed by atoms with van der Waals surface area (Å²) in [6.07, 6.45) is 1.56. The van der Waals surface area contributed by atoms with Gasteiger partial charge in [0.15, 0.2) is 0 Å². The first-order valence-corrected chi connectivity index (χ1v) is 5.76. The van der Waals surface area contributed by atoms with Gasteiger partial charge in [0.1, 0.15) is 0 Å². The van der Waals surface area contributed by atoms with Crippen LogP contribution in [0.15, 0.2) is 24.3 Å². The predicted molar refractivity (Wildman–Crippen MR) is 65.0 cm³/mol. The predicted octanol–water partition coefficient (Wildman–Crippen LogP) is 3.33. The average molecular weight is 206 g/mol. The van der Waals surface area contributed by atoms with Crippen LogP contribution in [-0.4, -0.2) is 10.7 Å². The van der Waals surface area contributed by atoms with E-state index in [0.29, 0.717) is 5.92 Å². The summed E-state index contributed by atoms with van der Waals surface area (Å²) in [5.74, 6) is 0.294. The molecule has 0 aromatic heterocycles. The van der Waals surface area contributed by atoms with Gasteiger partial charge in [0.05, 0.1) is 5.60 Å². The van der Waals surface area contributed by atoms with Crippen molar-refractivity contribution >= 4 is 0 Å². The van der Waals surface area contributed by atoms with Gasteiger partial charge >= 0.3 is 0 Å². The SMILES string of the molecule is CCC(O)(Cc1cccc(C)c1)C(C)C. The molecular formula is C14H22O. The number of aliphatic hydroxyl groups is 1. The van der Waals surface area contributed by atoms with E-state index in [1.807, 2.05) is 0 Å². The fourth-order valence-electron chi connectivity index (χ4n) is 1.91. The van der Waals surface area contributed by atoms with Crippen LogP contribution in [0, 0.1) is 12.8 Å². The van der Waals surface area contributed by atoms with Crippen LogP contribution in [0.1, 0.15) is 38.3 Å². The lowest BCUT2D eigenvalue weighted by atomic mass is 9.82. The molecule has 0 heterocycles. The minimum absolute atomic E-state index is 0.294. The number of hydrogen-bond acceptors (Lipinski definition) is 1. The van der Waals surface area contributed by atoms with Gasteiger partial charge < -0.3 is 5.11 Å². The van der Waals surface area contributed by atoms with Crippen molar-refractivity contribution in [2.45, 2.75) is 46.1 Å². The Kier molecular flexibility index (Phi) is 3.92. The second-order valence-corrected chi connectivity index (χ2v) is 4.78. The third-order valence-electron chi connectivity index (χ3n) is 3.28. The van der Waals surface area contributed by atoms with Crippen LogP contribution in [0.3, 0.4) is 0 Å². The molecule has 0 saturated carbocycles. The molecule has 1 heteroatoms. The molecule has 0 aliphatic rings. The lowest BCUT2D eigenvalue weighted by Crippen LogP contribution is -2.36. The summed E-state index contributed by atoms with van der Waals surface area (Å²) in [6, 6.07) is 8.39. The highest BCUT2D eigenvalue weighted by atomic mass is 16.3. The number of rotatable bonds is 4. The molecular weight excluding hydrogens is 184 g/mol. The van der Waals surface area contributed by atoms with Crippen LogP contribution in [0.2, 0.25) is 0 Å². The Labute approximate surface area is 93.1 Å². The molecule has 84 valence electrons. The molecule has 0 saturated heterocycles. The molecule has 1 N–H and O–H groups in total. The van der Waals surface area contributed by atoms with Crippen LogP contribution >= 0.6 is 0 Å². The highest BCUT2D eigenvalue weighted by Crippen LogP contribution is 2.25. The van der Waals surface area contributed by atoms with Gasteiger partial charge in [-0.05, 0) is 24.8 Å². The lowest BCUT2D eigenvalue weighted by Gasteiger charge is -2.31. The Morgan fingerprint density at radius 2 is 2.00 bits per heavy atom. The van der Waals surface area contributed by atoms with Crippen LogP contribution in [0.5, 0.6) is 0 Å². The monoisotopic (exact) mass is 206 g/mol. The summed E-state index contributed by atoms with van der Waals surface area (Å²) < 4.78 is 0. The molecule has 1 rings (SSSR count). The van der Waals surface area contributed by atoms with E-state index in [2.05, 4.69) is 52.0 Å². The van der Waals surface area contributed by atoms with Crippen LogP contribution in [-0.2, 0) is 6.42 Å². The lowest BCUT2D eigenvalue weighted by molar-refractivity contribution is -0.00829. The van der Waals surface area contributed by atoms with E-state index in [9.17, 15) is 5.11 Å². The highest BCUT2D eigenvalue weighted by molar-refractivity contribution is 5.23. The summed E-state index contributed by atoms with van der Waals surface area (Å²) in [4.78, 5) is 0. The van der Waals surface area contributed by atoms with Gasteiger partial charge in [-0.15, -0.1) is 0 Å². The molecule has 1 aromatic rings. The van der Waals surface area contributed by atoms with E-state index in [0.717, 1.165) is 12.8 Å². The molecule has 1 nitrogen and oxygen atoms in total. The summed E-state index contributed by atoms with van der Waals surface area (Å²) in [6.45, 7) is 8.30. The first kappa shape index (κ1) is 12.3. The van der Waals surface area contributed by atoms with E-state index in [1.165, 1.54) is 11.1 Å². The van der Waals surface area contributed by atoms with E-state index < -0.39 is 5.60 Å². The normalized spacial score (nSPS) is 15.3. The van der Waals surface area contributed by atoms with E-state index in [1.54, 1.807) is 0 Å². The topological polar surface area (TPSA) is 20.2 Å². The van der Waals surface area contributed by atoms with Gasteiger partial charge in [0.2, 0.25) is 0 Å². The van der Waals surface area contributed by atoms with Crippen molar-refractivity contribution in [1.82, 2.24) is 0 Å². The fraction of sp³-hybridized carbons (Fsp3) is 0.571. The Morgan fingerprint density at radius 3 is 2.47 bits per heavy atom. The van der Waals surface area contributed by atoms with Gasteiger partial charge in [-0.1, -0.05) is 50.6 Å². The maximum Gasteiger partial charge on any atom is 0.0708 e. The molecule has 0 radical (unpaired) electrons. The standard InChI is InChI=1S/C14H22O/c1-5-14(15,11(2)3)10-13-8-6-7-12(4)9-13/h6-9,11,15H,5,10H2,1-4H3. The van der Waals surface area contributed by atoms with Crippen LogP contribution < -0.4 is 0 Å². The minimum Gasteiger partial charge on any atom is -0.389 e. The Balaban J connectivity index is 2.84. The average Bonchev–Trinajstić information content (AvgIpc) is 2.17. The Morgan fingerprint density at radius 1 is 1.33 bits per heavy atom. The first-order valence-electron chi connectivity index (χ1n) is 5.76. The number of hydrogen-bond donors (Lipinski definition) is 1. The van der Waals surface area contributed by atoms with Crippen LogP contribution in [0.4, 0.5) is 0 Å². The maximum absolute atomic E-state index is 10.4. The van der Waals surface area contributed by atoms with Crippen molar-refractivity contribution in [3.8, 4) is 0 Å². The minimum atomic E-state index is -0.562. The van der Waals surface area contributed by atoms with Crippen molar-refractivity contribution in [3.63, 3.8) is 0 Å². The number of aryl methyl sites for hydroxylation is 1. The zero-order chi connectivity index (χ0) is 11.5. The largest absolute Gasteiger partial charge is 0.389 e. The molecule has 1 aromatic carbocycles. The van der Waals surface area contributed by atoms with Crippen molar-refractivity contribution < 1.29 is 5.11 Å². The molecule has 0 spiro atoms. The number of benzene rings is 1. The Hall–Kier alpha value is -0.820. The van der Waals surface area contributed by atoms with E-state index in [4.69, 9.17) is 0 Å². The maximum atomic E-state index is 10.4.